The number of aromatic nitrogens is 3. The molecule has 22 heavy (non-hydrogen) atoms. The fourth-order valence-corrected chi connectivity index (χ4v) is 2.93. The Morgan fingerprint density at radius 1 is 1.23 bits per heavy atom. The van der Waals surface area contributed by atoms with Crippen LogP contribution in [0.25, 0.3) is 11.4 Å². The smallest absolute Gasteiger partial charge is 0.192 e. The summed E-state index contributed by atoms with van der Waals surface area (Å²) in [5.41, 5.74) is 2.19. The molecule has 1 aromatic carbocycles. The zero-order valence-electron chi connectivity index (χ0n) is 12.4. The van der Waals surface area contributed by atoms with E-state index in [9.17, 15) is 0 Å². The van der Waals surface area contributed by atoms with Crippen LogP contribution in [0.15, 0.2) is 64.9 Å². The van der Waals surface area contributed by atoms with Gasteiger partial charge in [0.2, 0.25) is 0 Å². The Morgan fingerprint density at radius 2 is 2.05 bits per heavy atom. The highest BCUT2D eigenvalue weighted by atomic mass is 32.2. The molecular formula is C17H17N3OS. The van der Waals surface area contributed by atoms with Crippen LogP contribution in [0.2, 0.25) is 0 Å². The maximum Gasteiger partial charge on any atom is 0.192 e. The second-order valence-corrected chi connectivity index (χ2v) is 5.86. The number of hydrogen-bond acceptors (Lipinski definition) is 4. The number of rotatable bonds is 6. The van der Waals surface area contributed by atoms with E-state index in [0.717, 1.165) is 34.6 Å². The maximum atomic E-state index is 5.41. The normalized spacial score (nSPS) is 10.8. The van der Waals surface area contributed by atoms with E-state index in [1.54, 1.807) is 18.0 Å². The highest BCUT2D eigenvalue weighted by Crippen LogP contribution is 2.27. The molecule has 3 aromatic rings. The molecule has 0 aliphatic rings. The van der Waals surface area contributed by atoms with E-state index in [0.29, 0.717) is 0 Å². The van der Waals surface area contributed by atoms with E-state index >= 15 is 0 Å². The van der Waals surface area contributed by atoms with Gasteiger partial charge in [-0.3, -0.25) is 4.57 Å². The second-order valence-electron chi connectivity index (χ2n) is 4.87. The van der Waals surface area contributed by atoms with E-state index in [4.69, 9.17) is 4.42 Å². The zero-order valence-corrected chi connectivity index (χ0v) is 13.2. The number of thioether (sulfide) groups is 1. The SMILES string of the molecule is C=CCSc1nnc(-c2ccoc2C)n1Cc1ccccc1. The van der Waals surface area contributed by atoms with Gasteiger partial charge in [-0.05, 0) is 18.6 Å². The summed E-state index contributed by atoms with van der Waals surface area (Å²) >= 11 is 1.63. The summed E-state index contributed by atoms with van der Waals surface area (Å²) < 4.78 is 7.54. The molecule has 0 spiro atoms. The van der Waals surface area contributed by atoms with Crippen molar-refractivity contribution in [2.75, 3.05) is 5.75 Å². The van der Waals surface area contributed by atoms with E-state index in [-0.39, 0.29) is 0 Å². The third kappa shape index (κ3) is 2.99. The Balaban J connectivity index is 2.01. The molecule has 4 nitrogen and oxygen atoms in total. The molecule has 0 radical (unpaired) electrons. The van der Waals surface area contributed by atoms with Gasteiger partial charge in [0.15, 0.2) is 11.0 Å². The molecule has 2 heterocycles. The van der Waals surface area contributed by atoms with Gasteiger partial charge in [0, 0.05) is 5.75 Å². The van der Waals surface area contributed by atoms with Crippen LogP contribution in [-0.4, -0.2) is 20.5 Å². The minimum Gasteiger partial charge on any atom is -0.469 e. The first-order valence-corrected chi connectivity index (χ1v) is 8.03. The molecule has 0 N–H and O–H groups in total. The van der Waals surface area contributed by atoms with Gasteiger partial charge < -0.3 is 4.42 Å². The molecular weight excluding hydrogens is 294 g/mol. The van der Waals surface area contributed by atoms with E-state index in [1.165, 1.54) is 5.56 Å². The molecule has 0 aliphatic heterocycles. The first-order chi connectivity index (χ1) is 10.8. The van der Waals surface area contributed by atoms with Gasteiger partial charge in [0.05, 0.1) is 18.4 Å². The van der Waals surface area contributed by atoms with E-state index in [2.05, 4.69) is 33.5 Å². The molecule has 0 unspecified atom stereocenters. The van der Waals surface area contributed by atoms with Crippen LogP contribution in [0.1, 0.15) is 11.3 Å². The van der Waals surface area contributed by atoms with Crippen molar-refractivity contribution in [3.05, 3.63) is 66.6 Å². The summed E-state index contributed by atoms with van der Waals surface area (Å²) in [6.45, 7) is 6.43. The lowest BCUT2D eigenvalue weighted by molar-refractivity contribution is 0.534. The summed E-state index contributed by atoms with van der Waals surface area (Å²) in [5, 5.41) is 9.59. The fourth-order valence-electron chi connectivity index (χ4n) is 2.25. The second kappa shape index (κ2) is 6.66. The van der Waals surface area contributed by atoms with Gasteiger partial charge in [0.25, 0.3) is 0 Å². The van der Waals surface area contributed by atoms with Crippen LogP contribution < -0.4 is 0 Å². The molecule has 0 saturated heterocycles. The van der Waals surface area contributed by atoms with Gasteiger partial charge in [-0.25, -0.2) is 0 Å². The number of benzene rings is 1. The lowest BCUT2D eigenvalue weighted by Gasteiger charge is -2.09. The van der Waals surface area contributed by atoms with Crippen molar-refractivity contribution in [1.82, 2.24) is 14.8 Å². The largest absolute Gasteiger partial charge is 0.469 e. The Hall–Kier alpha value is -2.27. The predicted octanol–water partition coefficient (Wildman–Crippen LogP) is 4.17. The highest BCUT2D eigenvalue weighted by molar-refractivity contribution is 7.99. The quantitative estimate of drug-likeness (QED) is 0.506. The topological polar surface area (TPSA) is 43.9 Å². The average molecular weight is 311 g/mol. The molecule has 0 bridgehead atoms. The summed E-state index contributed by atoms with van der Waals surface area (Å²) in [5.74, 6) is 2.49. The lowest BCUT2D eigenvalue weighted by Crippen LogP contribution is -2.04. The number of hydrogen-bond donors (Lipinski definition) is 0. The minimum atomic E-state index is 0.729. The predicted molar refractivity (Wildman–Crippen MR) is 88.9 cm³/mol. The Kier molecular flexibility index (Phi) is 4.44. The Labute approximate surface area is 133 Å². The Morgan fingerprint density at radius 3 is 2.73 bits per heavy atom. The summed E-state index contributed by atoms with van der Waals surface area (Å²) in [6.07, 6.45) is 3.55. The van der Waals surface area contributed by atoms with Crippen molar-refractivity contribution in [3.63, 3.8) is 0 Å². The average Bonchev–Trinajstić information content (AvgIpc) is 3.12. The molecule has 0 saturated carbocycles. The number of aryl methyl sites for hydroxylation is 1. The highest BCUT2D eigenvalue weighted by Gasteiger charge is 2.17. The van der Waals surface area contributed by atoms with Gasteiger partial charge in [-0.15, -0.1) is 16.8 Å². The van der Waals surface area contributed by atoms with Crippen molar-refractivity contribution < 1.29 is 4.42 Å². The van der Waals surface area contributed by atoms with Crippen LogP contribution in [0.4, 0.5) is 0 Å². The molecule has 5 heteroatoms. The van der Waals surface area contributed by atoms with E-state index < -0.39 is 0 Å². The van der Waals surface area contributed by atoms with Gasteiger partial charge in [0.1, 0.15) is 5.76 Å². The van der Waals surface area contributed by atoms with Crippen LogP contribution in [0.3, 0.4) is 0 Å². The third-order valence-corrected chi connectivity index (χ3v) is 4.29. The zero-order chi connectivity index (χ0) is 15.4. The van der Waals surface area contributed by atoms with Crippen molar-refractivity contribution in [3.8, 4) is 11.4 Å². The van der Waals surface area contributed by atoms with Gasteiger partial charge >= 0.3 is 0 Å². The molecule has 2 aromatic heterocycles. The van der Waals surface area contributed by atoms with Crippen molar-refractivity contribution >= 4 is 11.8 Å². The Bertz CT molecular complexity index is 761. The summed E-state index contributed by atoms with van der Waals surface area (Å²) in [4.78, 5) is 0. The van der Waals surface area contributed by atoms with Crippen molar-refractivity contribution in [1.29, 1.82) is 0 Å². The number of furan rings is 1. The van der Waals surface area contributed by atoms with Crippen LogP contribution >= 0.6 is 11.8 Å². The molecule has 0 fully saturated rings. The van der Waals surface area contributed by atoms with Crippen molar-refractivity contribution in [2.45, 2.75) is 18.6 Å². The third-order valence-electron chi connectivity index (χ3n) is 3.33. The first-order valence-electron chi connectivity index (χ1n) is 7.05. The minimum absolute atomic E-state index is 0.729. The van der Waals surface area contributed by atoms with Gasteiger partial charge in [-0.1, -0.05) is 48.2 Å². The van der Waals surface area contributed by atoms with E-state index in [1.807, 2.05) is 37.3 Å². The summed E-state index contributed by atoms with van der Waals surface area (Å²) in [7, 11) is 0. The van der Waals surface area contributed by atoms with Crippen LogP contribution in [0, 0.1) is 6.92 Å². The molecule has 0 atom stereocenters. The summed E-state index contributed by atoms with van der Waals surface area (Å²) in [6, 6.07) is 12.2. The fraction of sp³-hybridized carbons (Fsp3) is 0.176. The lowest BCUT2D eigenvalue weighted by atomic mass is 10.2. The van der Waals surface area contributed by atoms with Crippen LogP contribution in [-0.2, 0) is 6.54 Å². The monoisotopic (exact) mass is 311 g/mol. The van der Waals surface area contributed by atoms with Crippen molar-refractivity contribution in [2.24, 2.45) is 0 Å². The molecule has 0 amide bonds. The number of nitrogens with zero attached hydrogens (tertiary/aromatic N) is 3. The van der Waals surface area contributed by atoms with Gasteiger partial charge in [-0.2, -0.15) is 0 Å². The van der Waals surface area contributed by atoms with Crippen LogP contribution in [0.5, 0.6) is 0 Å². The first kappa shape index (κ1) is 14.7. The molecule has 3 rings (SSSR count). The molecule has 112 valence electrons. The standard InChI is InChI=1S/C17H17N3OS/c1-3-11-22-17-19-18-16(15-9-10-21-13(15)2)20(17)12-14-7-5-4-6-8-14/h3-10H,1,11-12H2,2H3. The maximum absolute atomic E-state index is 5.41. The molecule has 0 aliphatic carbocycles.